The van der Waals surface area contributed by atoms with Crippen LogP contribution in [0, 0.1) is 11.8 Å². The summed E-state index contributed by atoms with van der Waals surface area (Å²) in [6.45, 7) is 2.32. The molecule has 2 saturated carbocycles. The van der Waals surface area contributed by atoms with Crippen molar-refractivity contribution in [2.45, 2.75) is 62.4 Å². The Labute approximate surface area is 143 Å². The third-order valence-electron chi connectivity index (χ3n) is 6.06. The van der Waals surface area contributed by atoms with Gasteiger partial charge in [0.1, 0.15) is 5.82 Å². The molecule has 23 heavy (non-hydrogen) atoms. The minimum Gasteiger partial charge on any atom is -0.274 e. The Morgan fingerprint density at radius 3 is 2.48 bits per heavy atom. The third-order valence-corrected chi connectivity index (χ3v) is 6.35. The van der Waals surface area contributed by atoms with Gasteiger partial charge in [0.05, 0.1) is 0 Å². The quantitative estimate of drug-likeness (QED) is 0.821. The summed E-state index contributed by atoms with van der Waals surface area (Å²) in [6.07, 6.45) is 9.29. The molecule has 3 nitrogen and oxygen atoms in total. The van der Waals surface area contributed by atoms with Gasteiger partial charge in [-0.05, 0) is 49.7 Å². The van der Waals surface area contributed by atoms with E-state index in [1.165, 1.54) is 38.5 Å². The van der Waals surface area contributed by atoms with Crippen LogP contribution in [0.3, 0.4) is 0 Å². The van der Waals surface area contributed by atoms with Gasteiger partial charge in [-0.15, -0.1) is 22.8 Å². The topological polar surface area (TPSA) is 30.7 Å². The van der Waals surface area contributed by atoms with Crippen LogP contribution in [0.1, 0.15) is 57.7 Å². The van der Waals surface area contributed by atoms with Crippen LogP contribution in [0.2, 0.25) is 0 Å². The highest BCUT2D eigenvalue weighted by Crippen LogP contribution is 2.51. The highest BCUT2D eigenvalue weighted by Gasteiger charge is 2.45. The van der Waals surface area contributed by atoms with Gasteiger partial charge in [-0.25, -0.2) is 0 Å². The zero-order valence-corrected chi connectivity index (χ0v) is 14.7. The molecule has 0 spiro atoms. The molecule has 2 aliphatic carbocycles. The van der Waals surface area contributed by atoms with Crippen LogP contribution in [0.25, 0.3) is 5.69 Å². The second-order valence-corrected chi connectivity index (χ2v) is 7.84. The first-order valence-corrected chi connectivity index (χ1v) is 9.37. The van der Waals surface area contributed by atoms with Crippen LogP contribution in [-0.2, 0) is 5.41 Å². The highest BCUT2D eigenvalue weighted by atomic mass is 32.1. The molecule has 0 saturated heterocycles. The number of rotatable bonds is 3. The summed E-state index contributed by atoms with van der Waals surface area (Å²) in [7, 11) is 0. The van der Waals surface area contributed by atoms with Gasteiger partial charge in [-0.3, -0.25) is 4.57 Å². The standard InChI is InChI=1S/C19H25N3S/c1-2-19(12-14-7-6-8-15(11-14)13-19)17-20-21-18(23)22(17)16-9-4-3-5-10-16/h3-5,9-10,14-15H,2,6-8,11-13H2,1H3,(H,21,23). The van der Waals surface area contributed by atoms with Crippen molar-refractivity contribution in [2.24, 2.45) is 11.8 Å². The van der Waals surface area contributed by atoms with E-state index in [0.29, 0.717) is 5.16 Å². The molecule has 1 aromatic heterocycles. The Balaban J connectivity index is 1.80. The van der Waals surface area contributed by atoms with E-state index < -0.39 is 0 Å². The molecule has 2 bridgehead atoms. The maximum absolute atomic E-state index is 4.62. The summed E-state index contributed by atoms with van der Waals surface area (Å²) in [4.78, 5) is 0. The van der Waals surface area contributed by atoms with Crippen molar-refractivity contribution in [3.63, 3.8) is 0 Å². The number of thiol groups is 1. The van der Waals surface area contributed by atoms with Gasteiger partial charge < -0.3 is 0 Å². The van der Waals surface area contributed by atoms with E-state index in [0.717, 1.165) is 29.8 Å². The average molecular weight is 327 g/mol. The number of benzene rings is 1. The Morgan fingerprint density at radius 1 is 1.13 bits per heavy atom. The zero-order valence-electron chi connectivity index (χ0n) is 13.8. The van der Waals surface area contributed by atoms with Crippen LogP contribution in [0.4, 0.5) is 0 Å². The van der Waals surface area contributed by atoms with Crippen molar-refractivity contribution in [1.29, 1.82) is 0 Å². The van der Waals surface area contributed by atoms with Gasteiger partial charge in [0.25, 0.3) is 0 Å². The van der Waals surface area contributed by atoms with E-state index in [4.69, 9.17) is 0 Å². The van der Waals surface area contributed by atoms with E-state index in [1.807, 2.05) is 6.07 Å². The molecule has 0 N–H and O–H groups in total. The molecule has 2 aromatic rings. The van der Waals surface area contributed by atoms with Crippen molar-refractivity contribution in [2.75, 3.05) is 0 Å². The van der Waals surface area contributed by atoms with Gasteiger partial charge >= 0.3 is 0 Å². The molecule has 2 aliphatic rings. The highest BCUT2D eigenvalue weighted by molar-refractivity contribution is 7.80. The summed E-state index contributed by atoms with van der Waals surface area (Å²) in [5, 5.41) is 9.66. The van der Waals surface area contributed by atoms with Crippen LogP contribution < -0.4 is 0 Å². The largest absolute Gasteiger partial charge is 0.274 e. The van der Waals surface area contributed by atoms with E-state index in [-0.39, 0.29) is 5.41 Å². The molecule has 4 rings (SSSR count). The maximum atomic E-state index is 4.62. The lowest BCUT2D eigenvalue weighted by atomic mass is 9.59. The van der Waals surface area contributed by atoms with Gasteiger partial charge in [-0.2, -0.15) is 0 Å². The predicted molar refractivity (Wildman–Crippen MR) is 95.3 cm³/mol. The van der Waals surface area contributed by atoms with Crippen molar-refractivity contribution in [3.8, 4) is 5.69 Å². The second kappa shape index (κ2) is 5.97. The summed E-state index contributed by atoms with van der Waals surface area (Å²) >= 11 is 4.60. The Morgan fingerprint density at radius 2 is 1.83 bits per heavy atom. The number of hydrogen-bond donors (Lipinski definition) is 1. The molecule has 0 radical (unpaired) electrons. The fourth-order valence-electron chi connectivity index (χ4n) is 5.03. The fraction of sp³-hybridized carbons (Fsp3) is 0.579. The monoisotopic (exact) mass is 327 g/mol. The Kier molecular flexibility index (Phi) is 3.96. The van der Waals surface area contributed by atoms with Crippen LogP contribution in [-0.4, -0.2) is 14.8 Å². The summed E-state index contributed by atoms with van der Waals surface area (Å²) in [6, 6.07) is 10.4. The first-order chi connectivity index (χ1) is 11.2. The van der Waals surface area contributed by atoms with Gasteiger partial charge in [0, 0.05) is 11.1 Å². The molecule has 2 fully saturated rings. The van der Waals surface area contributed by atoms with E-state index >= 15 is 0 Å². The van der Waals surface area contributed by atoms with E-state index in [9.17, 15) is 0 Å². The number of fused-ring (bicyclic) bond motifs is 2. The van der Waals surface area contributed by atoms with E-state index in [2.05, 4.69) is 58.6 Å². The minimum atomic E-state index is 0.165. The molecule has 2 atom stereocenters. The number of aromatic nitrogens is 3. The Bertz CT molecular complexity index is 667. The molecule has 4 heteroatoms. The maximum Gasteiger partial charge on any atom is 0.192 e. The van der Waals surface area contributed by atoms with Crippen LogP contribution in [0.15, 0.2) is 35.5 Å². The molecule has 1 heterocycles. The zero-order chi connectivity index (χ0) is 15.9. The van der Waals surface area contributed by atoms with Crippen LogP contribution >= 0.6 is 12.6 Å². The van der Waals surface area contributed by atoms with Crippen molar-refractivity contribution in [1.82, 2.24) is 14.8 Å². The summed E-state index contributed by atoms with van der Waals surface area (Å²) < 4.78 is 2.17. The number of para-hydroxylation sites is 1. The lowest BCUT2D eigenvalue weighted by molar-refractivity contribution is 0.0995. The molecular weight excluding hydrogens is 302 g/mol. The molecule has 1 aromatic carbocycles. The Hall–Kier alpha value is -1.29. The first kappa shape index (κ1) is 15.3. The normalized spacial score (nSPS) is 30.3. The molecule has 0 amide bonds. The second-order valence-electron chi connectivity index (χ2n) is 7.44. The van der Waals surface area contributed by atoms with Gasteiger partial charge in [0.15, 0.2) is 5.16 Å². The first-order valence-electron chi connectivity index (χ1n) is 8.92. The van der Waals surface area contributed by atoms with Crippen molar-refractivity contribution in [3.05, 3.63) is 36.2 Å². The van der Waals surface area contributed by atoms with Crippen LogP contribution in [0.5, 0.6) is 0 Å². The molecular formula is C19H25N3S. The molecule has 0 aliphatic heterocycles. The molecule has 2 unspecified atom stereocenters. The summed E-state index contributed by atoms with van der Waals surface area (Å²) in [5.41, 5.74) is 1.29. The van der Waals surface area contributed by atoms with Gasteiger partial charge in [-0.1, -0.05) is 44.4 Å². The van der Waals surface area contributed by atoms with Crippen molar-refractivity contribution < 1.29 is 0 Å². The molecule has 122 valence electrons. The SMILES string of the molecule is CCC1(c2nnc(S)n2-c2ccccc2)CC2CCCC(C2)C1. The lowest BCUT2D eigenvalue weighted by Gasteiger charge is -2.46. The van der Waals surface area contributed by atoms with Gasteiger partial charge in [0.2, 0.25) is 0 Å². The lowest BCUT2D eigenvalue weighted by Crippen LogP contribution is -2.40. The third kappa shape index (κ3) is 2.61. The summed E-state index contributed by atoms with van der Waals surface area (Å²) in [5.74, 6) is 2.87. The fourth-order valence-corrected chi connectivity index (χ4v) is 5.28. The smallest absolute Gasteiger partial charge is 0.192 e. The predicted octanol–water partition coefficient (Wildman–Crippen LogP) is 4.80. The van der Waals surface area contributed by atoms with Crippen molar-refractivity contribution >= 4 is 12.6 Å². The van der Waals surface area contributed by atoms with E-state index in [1.54, 1.807) is 0 Å². The minimum absolute atomic E-state index is 0.165. The number of hydrogen-bond acceptors (Lipinski definition) is 3. The number of nitrogens with zero attached hydrogens (tertiary/aromatic N) is 3. The average Bonchev–Trinajstić information content (AvgIpc) is 2.97.